The van der Waals surface area contributed by atoms with Crippen molar-refractivity contribution in [3.05, 3.63) is 59.7 Å². The van der Waals surface area contributed by atoms with E-state index in [9.17, 15) is 0 Å². The fourth-order valence-corrected chi connectivity index (χ4v) is 3.73. The molecular formula is C20H28NO2PS. The van der Waals surface area contributed by atoms with Crippen molar-refractivity contribution < 1.29 is 9.05 Å². The molecule has 2 rings (SSSR count). The third kappa shape index (κ3) is 5.85. The maximum absolute atomic E-state index is 6.11. The molecular weight excluding hydrogens is 349 g/mol. The highest BCUT2D eigenvalue weighted by molar-refractivity contribution is 8.09. The molecule has 0 atom stereocenters. The summed E-state index contributed by atoms with van der Waals surface area (Å²) in [7, 11) is 0. The van der Waals surface area contributed by atoms with Crippen molar-refractivity contribution in [3.8, 4) is 11.5 Å². The number of hydrogen-bond donors (Lipinski definition) is 1. The summed E-state index contributed by atoms with van der Waals surface area (Å²) in [5.74, 6) is 1.26. The molecule has 0 heterocycles. The Kier molecular flexibility index (Phi) is 5.68. The van der Waals surface area contributed by atoms with E-state index in [1.165, 1.54) is 11.1 Å². The number of hydrogen-bond acceptors (Lipinski definition) is 3. The maximum Gasteiger partial charge on any atom is 0.362 e. The lowest BCUT2D eigenvalue weighted by atomic mass is 9.87. The van der Waals surface area contributed by atoms with Gasteiger partial charge >= 0.3 is 6.64 Å². The van der Waals surface area contributed by atoms with E-state index in [-0.39, 0.29) is 10.8 Å². The summed E-state index contributed by atoms with van der Waals surface area (Å²) in [6, 6.07) is 15.7. The minimum atomic E-state index is -2.91. The van der Waals surface area contributed by atoms with Crippen molar-refractivity contribution in [2.45, 2.75) is 52.4 Å². The summed E-state index contributed by atoms with van der Waals surface area (Å²) < 4.78 is 11.5. The Morgan fingerprint density at radius 1 is 0.680 bits per heavy atom. The van der Waals surface area contributed by atoms with Gasteiger partial charge in [0, 0.05) is 11.8 Å². The molecule has 0 saturated heterocycles. The summed E-state index contributed by atoms with van der Waals surface area (Å²) in [6.07, 6.45) is 0. The van der Waals surface area contributed by atoms with Gasteiger partial charge in [0.1, 0.15) is 11.5 Å². The van der Waals surface area contributed by atoms with Gasteiger partial charge in [-0.1, -0.05) is 65.8 Å². The molecule has 5 heteroatoms. The standard InChI is InChI=1S/C20H28NO2PS/c1-19(2,3)15-7-11-17(12-8-15)22-24(21,25)23-18-13-9-16(10-14-18)20(4,5)6/h7-14H,1-6H3,(H2,21,25). The van der Waals surface area contributed by atoms with E-state index in [1.54, 1.807) is 0 Å². The summed E-state index contributed by atoms with van der Waals surface area (Å²) in [4.78, 5) is 0. The van der Waals surface area contributed by atoms with Crippen molar-refractivity contribution in [1.82, 2.24) is 0 Å². The van der Waals surface area contributed by atoms with Crippen LogP contribution in [-0.2, 0) is 22.6 Å². The van der Waals surface area contributed by atoms with Crippen LogP contribution in [0.4, 0.5) is 0 Å². The quantitative estimate of drug-likeness (QED) is 0.672. The van der Waals surface area contributed by atoms with Crippen molar-refractivity contribution in [1.29, 1.82) is 0 Å². The molecule has 0 amide bonds. The van der Waals surface area contributed by atoms with Gasteiger partial charge in [-0.15, -0.1) is 0 Å². The third-order valence-corrected chi connectivity index (χ3v) is 5.28. The average Bonchev–Trinajstić information content (AvgIpc) is 2.45. The second kappa shape index (κ2) is 7.11. The van der Waals surface area contributed by atoms with Crippen LogP contribution in [-0.4, -0.2) is 0 Å². The molecule has 0 spiro atoms. The Labute approximate surface area is 156 Å². The van der Waals surface area contributed by atoms with E-state index >= 15 is 0 Å². The molecule has 2 aromatic rings. The van der Waals surface area contributed by atoms with Crippen LogP contribution in [0.25, 0.3) is 0 Å². The van der Waals surface area contributed by atoms with E-state index in [0.717, 1.165) is 0 Å². The number of rotatable bonds is 4. The molecule has 0 radical (unpaired) electrons. The first-order valence-electron chi connectivity index (χ1n) is 8.36. The van der Waals surface area contributed by atoms with Gasteiger partial charge in [0.25, 0.3) is 0 Å². The Balaban J connectivity index is 2.08. The van der Waals surface area contributed by atoms with Crippen molar-refractivity contribution in [2.24, 2.45) is 5.50 Å². The van der Waals surface area contributed by atoms with Crippen molar-refractivity contribution in [2.75, 3.05) is 0 Å². The zero-order chi connectivity index (χ0) is 18.9. The molecule has 0 aliphatic heterocycles. The largest absolute Gasteiger partial charge is 0.425 e. The predicted molar refractivity (Wildman–Crippen MR) is 110 cm³/mol. The zero-order valence-electron chi connectivity index (χ0n) is 15.9. The predicted octanol–water partition coefficient (Wildman–Crippen LogP) is 5.92. The Hall–Kier alpha value is -1.35. The first-order valence-corrected chi connectivity index (χ1v) is 11.1. The van der Waals surface area contributed by atoms with Crippen LogP contribution >= 0.6 is 6.64 Å². The van der Waals surface area contributed by atoms with E-state index < -0.39 is 6.64 Å². The zero-order valence-corrected chi connectivity index (χ0v) is 17.6. The minimum absolute atomic E-state index is 0.0900. The van der Waals surface area contributed by atoms with Crippen LogP contribution in [0.2, 0.25) is 0 Å². The SMILES string of the molecule is CC(C)(C)c1ccc(OP(N)(=S)Oc2ccc(C(C)(C)C)cc2)cc1. The molecule has 25 heavy (non-hydrogen) atoms. The normalized spacial score (nSPS) is 12.8. The van der Waals surface area contributed by atoms with Gasteiger partial charge in [-0.2, -0.15) is 0 Å². The third-order valence-electron chi connectivity index (χ3n) is 3.91. The molecule has 0 fully saturated rings. The number of nitrogens with two attached hydrogens (primary N) is 1. The van der Waals surface area contributed by atoms with Crippen LogP contribution in [0.15, 0.2) is 48.5 Å². The minimum Gasteiger partial charge on any atom is -0.425 e. The molecule has 0 unspecified atom stereocenters. The van der Waals surface area contributed by atoms with Gasteiger partial charge in [-0.3, -0.25) is 0 Å². The van der Waals surface area contributed by atoms with E-state index in [2.05, 4.69) is 41.5 Å². The van der Waals surface area contributed by atoms with E-state index in [0.29, 0.717) is 11.5 Å². The first-order chi connectivity index (χ1) is 11.4. The molecule has 136 valence electrons. The van der Waals surface area contributed by atoms with Crippen LogP contribution < -0.4 is 14.6 Å². The molecule has 0 saturated carbocycles. The summed E-state index contributed by atoms with van der Waals surface area (Å²) in [5.41, 5.74) is 8.74. The summed E-state index contributed by atoms with van der Waals surface area (Å²) in [6.45, 7) is 10.1. The second-order valence-corrected chi connectivity index (χ2v) is 11.2. The molecule has 2 aromatic carbocycles. The monoisotopic (exact) mass is 377 g/mol. The van der Waals surface area contributed by atoms with Gasteiger partial charge in [0.2, 0.25) is 0 Å². The van der Waals surface area contributed by atoms with E-state index in [4.69, 9.17) is 26.4 Å². The van der Waals surface area contributed by atoms with Crippen LogP contribution in [0, 0.1) is 0 Å². The summed E-state index contributed by atoms with van der Waals surface area (Å²) >= 11 is 5.36. The Morgan fingerprint density at radius 3 is 1.20 bits per heavy atom. The number of benzene rings is 2. The molecule has 0 aliphatic carbocycles. The average molecular weight is 377 g/mol. The van der Waals surface area contributed by atoms with E-state index in [1.807, 2.05) is 48.5 Å². The molecule has 0 aromatic heterocycles. The molecule has 0 aliphatic rings. The summed E-state index contributed by atoms with van der Waals surface area (Å²) in [5, 5.41) is 0. The van der Waals surface area contributed by atoms with Crippen LogP contribution in [0.3, 0.4) is 0 Å². The molecule has 2 N–H and O–H groups in total. The van der Waals surface area contributed by atoms with Crippen molar-refractivity contribution in [3.63, 3.8) is 0 Å². The van der Waals surface area contributed by atoms with Crippen molar-refractivity contribution >= 4 is 18.4 Å². The Bertz CT molecular complexity index is 693. The second-order valence-electron chi connectivity index (χ2n) is 8.27. The van der Waals surface area contributed by atoms with Crippen LogP contribution in [0.5, 0.6) is 11.5 Å². The highest BCUT2D eigenvalue weighted by Gasteiger charge is 2.19. The van der Waals surface area contributed by atoms with Gasteiger partial charge < -0.3 is 9.05 Å². The molecule has 3 nitrogen and oxygen atoms in total. The highest BCUT2D eigenvalue weighted by atomic mass is 32.5. The fourth-order valence-electron chi connectivity index (χ4n) is 2.34. The fraction of sp³-hybridized carbons (Fsp3) is 0.400. The maximum atomic E-state index is 6.11. The lowest BCUT2D eigenvalue weighted by Crippen LogP contribution is -2.12. The molecule has 0 bridgehead atoms. The first kappa shape index (κ1) is 20.0. The van der Waals surface area contributed by atoms with Crippen LogP contribution in [0.1, 0.15) is 52.7 Å². The topological polar surface area (TPSA) is 44.5 Å². The smallest absolute Gasteiger partial charge is 0.362 e. The lowest BCUT2D eigenvalue weighted by molar-refractivity contribution is 0.486. The van der Waals surface area contributed by atoms with Gasteiger partial charge in [0.15, 0.2) is 0 Å². The Morgan fingerprint density at radius 2 is 0.960 bits per heavy atom. The lowest BCUT2D eigenvalue weighted by Gasteiger charge is -2.22. The highest BCUT2D eigenvalue weighted by Crippen LogP contribution is 2.42. The van der Waals surface area contributed by atoms with Gasteiger partial charge in [-0.05, 0) is 46.2 Å². The van der Waals surface area contributed by atoms with Gasteiger partial charge in [0.05, 0.1) is 0 Å². The van der Waals surface area contributed by atoms with Gasteiger partial charge in [-0.25, -0.2) is 5.50 Å².